The zero-order valence-electron chi connectivity index (χ0n) is 86.7. The molecule has 43 heteroatoms. The van der Waals surface area contributed by atoms with Gasteiger partial charge in [0.1, 0.15) is 37.4 Å². The summed E-state index contributed by atoms with van der Waals surface area (Å²) in [5.74, 6) is -5.45. The Balaban J connectivity index is 0.580. The number of carbonyl (C=O) groups excluding carboxylic acids is 13. The number of allylic oxidation sites excluding steroid dienone is 7. The molecule has 10 rings (SSSR count). The van der Waals surface area contributed by atoms with E-state index in [9.17, 15) is 72.5 Å². The van der Waals surface area contributed by atoms with Crippen LogP contribution in [0.15, 0.2) is 144 Å². The molecule has 0 radical (unpaired) electrons. The van der Waals surface area contributed by atoms with Crippen LogP contribution in [0.2, 0.25) is 0 Å². The van der Waals surface area contributed by atoms with Gasteiger partial charge in [0.25, 0.3) is 11.8 Å². The zero-order valence-corrected chi connectivity index (χ0v) is 86.7. The molecule has 5 aliphatic heterocycles. The lowest BCUT2D eigenvalue weighted by molar-refractivity contribution is -0.139. The van der Waals surface area contributed by atoms with Gasteiger partial charge >= 0.3 is 12.2 Å². The Labute approximate surface area is 868 Å². The minimum atomic E-state index is -1.60. The second-order valence-electron chi connectivity index (χ2n) is 36.7. The van der Waals surface area contributed by atoms with Gasteiger partial charge in [0.15, 0.2) is 35.5 Å². The molecule has 1 aliphatic carbocycles. The number of likely N-dealkylation sites (tertiary alicyclic amines) is 1. The van der Waals surface area contributed by atoms with Gasteiger partial charge in [-0.1, -0.05) is 111 Å². The SMILES string of the molecule is COCCOCCC(=O)N[C@H](C(=O)N[C@@H](C)C(=O)Nc1ccc(COC(=O)N2c3cc(OCCCCCOc4cc5c(cc4OC)C(=O)N4C=C(C)C[C@H]4[C@H](O)N5C(=O)OCc4ccc(NC(=O)[C@H](C)NC(=O)[C@@H](NC(=O)CCOCCOCCOCCOCCOCCOCCOCCOCCNC(=O)CCN5C(=O)CC(/C6=C/C=C\C=C/C=C\C6)C5=O)C(C)C)cc4)c(OC)cc3C(=O)N3C=C(C)C[C@H]3[C@@H]2O)cc1)C(C)C. The van der Waals surface area contributed by atoms with E-state index in [4.69, 9.17) is 75.8 Å². The summed E-state index contributed by atoms with van der Waals surface area (Å²) in [6.07, 6.45) is 13.9. The van der Waals surface area contributed by atoms with Gasteiger partial charge in [-0.05, 0) is 126 Å². The van der Waals surface area contributed by atoms with E-state index >= 15 is 0 Å². The van der Waals surface area contributed by atoms with Gasteiger partial charge in [-0.25, -0.2) is 19.4 Å². The number of carbonyl (C=O) groups is 13. The number of methoxy groups -OCH3 is 3. The Morgan fingerprint density at radius 3 is 1.23 bits per heavy atom. The first kappa shape index (κ1) is 118. The average Bonchev–Trinajstić information content (AvgIpc) is 1.61. The Hall–Kier alpha value is -13.1. The van der Waals surface area contributed by atoms with Gasteiger partial charge in [0.05, 0.1) is 193 Å². The van der Waals surface area contributed by atoms with Crippen LogP contribution in [0, 0.1) is 17.8 Å². The van der Waals surface area contributed by atoms with Crippen LogP contribution < -0.4 is 66.0 Å². The lowest BCUT2D eigenvalue weighted by Crippen LogP contribution is -2.53. The summed E-state index contributed by atoms with van der Waals surface area (Å²) in [6.45, 7) is 19.5. The summed E-state index contributed by atoms with van der Waals surface area (Å²) >= 11 is 0. The molecule has 6 aliphatic rings. The fourth-order valence-corrected chi connectivity index (χ4v) is 16.6. The molecule has 4 aromatic carbocycles. The van der Waals surface area contributed by atoms with E-state index in [0.717, 1.165) is 26.5 Å². The standard InChI is InChI=1S/C106H144N12O31/c1-68(2)94(112-91(120)32-38-137-42-41-134-9)98(125)108-72(7)96(123)110-77-27-23-74(24-28-77)66-148-105(132)117-82-62-88(86(135-10)59-80(82)101(128)115-64-70(5)57-84(115)103(117)130)146-36-19-16-20-37-147-89-63-83-81(60-87(89)136-11)102(129)116-65-71(6)58-85(116)104(131)118(83)106(133)149-67-75-25-29-78(30-26-75)111-97(124)73(8)109-99(126)95(69(3)4)113-92(121)33-39-138-43-45-140-47-49-142-51-53-144-55-56-145-54-52-143-50-48-141-46-44-139-40-34-107-90(119)31-35-114-93(122)61-79(100(114)127)76-21-17-14-12-13-15-18-22-76/h12-15,17-18,21,23-30,59-60,62-65,68-69,72-73,79,84-85,94-95,103-104,130-131H,16,19-20,22,31-58,61,66-67H2,1-11H3,(H,107,119)(H,108,125)(H,109,126)(H,110,123)(H,111,124)(H,112,120)(H,113,121)/b13-12-,17-14-,18-15-,76-21+/t72-,73-,79?,84-,85-,94-,95-,103-,104-/m0/s1. The molecule has 0 bridgehead atoms. The van der Waals surface area contributed by atoms with Crippen molar-refractivity contribution in [1.82, 2.24) is 41.3 Å². The molecule has 9 N–H and O–H groups in total. The van der Waals surface area contributed by atoms with Gasteiger partial charge in [0, 0.05) is 81.8 Å². The third-order valence-electron chi connectivity index (χ3n) is 24.7. The van der Waals surface area contributed by atoms with Crippen LogP contribution in [0.3, 0.4) is 0 Å². The summed E-state index contributed by atoms with van der Waals surface area (Å²) in [7, 11) is 4.33. The number of hydrogen-bond acceptors (Lipinski definition) is 31. The summed E-state index contributed by atoms with van der Waals surface area (Å²) in [5.41, 5.74) is 4.15. The number of nitrogens with one attached hydrogen (secondary N) is 7. The molecule has 1 saturated heterocycles. The van der Waals surface area contributed by atoms with Gasteiger partial charge in [-0.2, -0.15) is 0 Å². The van der Waals surface area contributed by atoms with Crippen LogP contribution in [-0.2, 0) is 113 Å². The molecule has 13 amide bonds. The summed E-state index contributed by atoms with van der Waals surface area (Å²) in [6, 6.07) is 12.8. The van der Waals surface area contributed by atoms with Crippen molar-refractivity contribution in [2.75, 3.05) is 194 Å². The van der Waals surface area contributed by atoms with E-state index in [2.05, 4.69) is 37.2 Å². The Morgan fingerprint density at radius 1 is 0.423 bits per heavy atom. The molecule has 1 fully saturated rings. The predicted octanol–water partition coefficient (Wildman–Crippen LogP) is 8.14. The maximum Gasteiger partial charge on any atom is 0.416 e. The Bertz CT molecular complexity index is 5320. The normalized spacial score (nSPS) is 18.6. The van der Waals surface area contributed by atoms with E-state index in [-0.39, 0.29) is 192 Å². The van der Waals surface area contributed by atoms with Crippen molar-refractivity contribution in [3.05, 3.63) is 167 Å². The summed E-state index contributed by atoms with van der Waals surface area (Å²) < 4.78 is 90.6. The van der Waals surface area contributed by atoms with Crippen molar-refractivity contribution in [3.8, 4) is 23.0 Å². The third kappa shape index (κ3) is 36.4. The van der Waals surface area contributed by atoms with Crippen LogP contribution in [0.5, 0.6) is 23.0 Å². The number of aliphatic hydroxyl groups excluding tert-OH is 2. The van der Waals surface area contributed by atoms with E-state index in [1.54, 1.807) is 102 Å². The number of nitrogens with zero attached hydrogens (tertiary/aromatic N) is 5. The maximum absolute atomic E-state index is 14.5. The summed E-state index contributed by atoms with van der Waals surface area (Å²) in [5, 5.41) is 43.3. The van der Waals surface area contributed by atoms with Crippen molar-refractivity contribution in [2.45, 2.75) is 182 Å². The van der Waals surface area contributed by atoms with Gasteiger partial charge < -0.3 is 133 Å². The molecule has 5 heterocycles. The second-order valence-corrected chi connectivity index (χ2v) is 36.7. The van der Waals surface area contributed by atoms with Gasteiger partial charge in [0.2, 0.25) is 53.2 Å². The molecule has 4 aromatic rings. The highest BCUT2D eigenvalue weighted by Crippen LogP contribution is 2.45. The molecule has 0 spiro atoms. The Morgan fingerprint density at radius 2 is 0.819 bits per heavy atom. The quantitative estimate of drug-likeness (QED) is 0.0149. The van der Waals surface area contributed by atoms with Crippen molar-refractivity contribution < 1.29 is 148 Å². The van der Waals surface area contributed by atoms with Crippen LogP contribution in [0.4, 0.5) is 32.3 Å². The maximum atomic E-state index is 14.5. The molecular formula is C106H144N12O31. The number of unbranched alkanes of at least 4 members (excludes halogenated alkanes) is 2. The van der Waals surface area contributed by atoms with E-state index in [1.807, 2.05) is 42.5 Å². The molecule has 0 aromatic heterocycles. The van der Waals surface area contributed by atoms with Crippen molar-refractivity contribution >= 4 is 99.9 Å². The Kier molecular flexibility index (Phi) is 48.9. The first-order valence-corrected chi connectivity index (χ1v) is 50.3. The molecule has 814 valence electrons. The third-order valence-corrected chi connectivity index (χ3v) is 24.7. The highest BCUT2D eigenvalue weighted by Gasteiger charge is 2.48. The number of imide groups is 1. The average molecular weight is 2080 g/mol. The fraction of sp³-hybridized carbons (Fsp3) is 0.538. The molecule has 1 unspecified atom stereocenters. The minimum absolute atomic E-state index is 0.00458. The number of anilines is 4. The lowest BCUT2D eigenvalue weighted by atomic mass is 9.94. The van der Waals surface area contributed by atoms with E-state index in [1.165, 1.54) is 74.1 Å². The number of amides is 13. The number of aliphatic hydroxyl groups is 2. The molecule has 9 atom stereocenters. The fourth-order valence-electron chi connectivity index (χ4n) is 16.6. The van der Waals surface area contributed by atoms with Crippen LogP contribution >= 0.6 is 0 Å². The molecule has 149 heavy (non-hydrogen) atoms. The minimum Gasteiger partial charge on any atom is -0.493 e. The van der Waals surface area contributed by atoms with Crippen LogP contribution in [0.1, 0.15) is 151 Å². The van der Waals surface area contributed by atoms with E-state index in [0.29, 0.717) is 141 Å². The number of fused-ring (bicyclic) bond motifs is 4. The zero-order chi connectivity index (χ0) is 107. The number of ether oxygens (including phenoxy) is 16. The molecular weight excluding hydrogens is 1940 g/mol. The highest BCUT2D eigenvalue weighted by molar-refractivity contribution is 6.09. The topological polar surface area (TPSA) is 510 Å². The number of rotatable bonds is 63. The van der Waals surface area contributed by atoms with Crippen molar-refractivity contribution in [1.29, 1.82) is 0 Å². The number of hydrogen-bond donors (Lipinski definition) is 9. The lowest BCUT2D eigenvalue weighted by Gasteiger charge is -2.31. The van der Waals surface area contributed by atoms with Gasteiger partial charge in [-0.15, -0.1) is 0 Å². The predicted molar refractivity (Wildman–Crippen MR) is 545 cm³/mol. The monoisotopic (exact) mass is 2080 g/mol. The molecule has 43 nitrogen and oxygen atoms in total. The van der Waals surface area contributed by atoms with Crippen molar-refractivity contribution in [3.63, 3.8) is 0 Å². The van der Waals surface area contributed by atoms with Crippen molar-refractivity contribution in [2.24, 2.45) is 17.8 Å². The smallest absolute Gasteiger partial charge is 0.416 e. The molecule has 0 saturated carbocycles. The van der Waals surface area contributed by atoms with Gasteiger partial charge in [-0.3, -0.25) is 57.6 Å². The number of benzene rings is 4. The highest BCUT2D eigenvalue weighted by atomic mass is 16.6. The second kappa shape index (κ2) is 61.8. The largest absolute Gasteiger partial charge is 0.493 e. The van der Waals surface area contributed by atoms with Crippen LogP contribution in [-0.4, -0.2) is 324 Å². The van der Waals surface area contributed by atoms with Crippen LogP contribution in [0.25, 0.3) is 0 Å². The van der Waals surface area contributed by atoms with E-state index < -0.39 is 108 Å². The summed E-state index contributed by atoms with van der Waals surface area (Å²) in [4.78, 5) is 181. The first-order chi connectivity index (χ1) is 71.9. The first-order valence-electron chi connectivity index (χ1n) is 50.3.